The zero-order valence-corrected chi connectivity index (χ0v) is 16.9. The van der Waals surface area contributed by atoms with E-state index in [2.05, 4.69) is 37.5 Å². The number of anilines is 1. The van der Waals surface area contributed by atoms with Crippen molar-refractivity contribution in [1.82, 2.24) is 25.3 Å². The van der Waals surface area contributed by atoms with Crippen LogP contribution >= 0.6 is 9.24 Å². The van der Waals surface area contributed by atoms with Crippen LogP contribution in [0.25, 0.3) is 11.1 Å². The number of furan rings is 1. The monoisotopic (exact) mass is 420 g/mol. The fourth-order valence-corrected chi connectivity index (χ4v) is 3.09. The minimum Gasteiger partial charge on any atom is -0.442 e. The van der Waals surface area contributed by atoms with E-state index in [0.29, 0.717) is 28.2 Å². The Morgan fingerprint density at radius 3 is 2.79 bits per heavy atom. The molecule has 1 aliphatic rings. The molecule has 29 heavy (non-hydrogen) atoms. The molecule has 3 aromatic heterocycles. The summed E-state index contributed by atoms with van der Waals surface area (Å²) in [7, 11) is 1.43. The summed E-state index contributed by atoms with van der Waals surface area (Å²) in [5, 5.41) is 6.49. The number of fused-ring (bicyclic) bond motifs is 1. The van der Waals surface area contributed by atoms with Crippen molar-refractivity contribution in [3.05, 3.63) is 41.4 Å². The summed E-state index contributed by atoms with van der Waals surface area (Å²) >= 11 is 0. The molecule has 11 heteroatoms. The zero-order chi connectivity index (χ0) is 20.8. The van der Waals surface area contributed by atoms with E-state index in [9.17, 15) is 13.6 Å². The summed E-state index contributed by atoms with van der Waals surface area (Å²) in [6, 6.07) is 1.12. The summed E-state index contributed by atoms with van der Waals surface area (Å²) in [5.41, 5.74) is -3.08. The Morgan fingerprint density at radius 2 is 2.10 bits per heavy atom. The van der Waals surface area contributed by atoms with Gasteiger partial charge in [-0.2, -0.15) is 8.78 Å². The van der Waals surface area contributed by atoms with E-state index in [1.165, 1.54) is 21.8 Å². The molecule has 0 bridgehead atoms. The largest absolute Gasteiger partial charge is 0.442 e. The quantitative estimate of drug-likeness (QED) is 0.590. The van der Waals surface area contributed by atoms with Crippen molar-refractivity contribution in [2.45, 2.75) is 44.4 Å². The van der Waals surface area contributed by atoms with Gasteiger partial charge in [0.2, 0.25) is 5.71 Å². The number of rotatable bonds is 6. The summed E-state index contributed by atoms with van der Waals surface area (Å²) in [4.78, 5) is 29.0. The first-order valence-corrected chi connectivity index (χ1v) is 9.54. The normalized spacial score (nSPS) is 15.3. The van der Waals surface area contributed by atoms with Crippen LogP contribution in [0.1, 0.15) is 47.4 Å². The van der Waals surface area contributed by atoms with Crippen LogP contribution < -0.4 is 10.6 Å². The van der Waals surface area contributed by atoms with Gasteiger partial charge in [-0.1, -0.05) is 9.24 Å². The van der Waals surface area contributed by atoms with E-state index in [0.717, 1.165) is 18.9 Å². The molecule has 1 unspecified atom stereocenters. The van der Waals surface area contributed by atoms with Gasteiger partial charge in [-0.3, -0.25) is 4.79 Å². The van der Waals surface area contributed by atoms with Crippen LogP contribution in [0.3, 0.4) is 0 Å². The lowest BCUT2D eigenvalue weighted by molar-refractivity contribution is 0.0948. The van der Waals surface area contributed by atoms with Gasteiger partial charge in [-0.05, 0) is 32.8 Å². The van der Waals surface area contributed by atoms with Crippen LogP contribution in [0.15, 0.2) is 23.0 Å². The Labute approximate surface area is 167 Å². The highest BCUT2D eigenvalue weighted by molar-refractivity contribution is 7.17. The first-order chi connectivity index (χ1) is 13.7. The Kier molecular flexibility index (Phi) is 4.69. The number of hydrogen-bond donors (Lipinski definition) is 2. The third kappa shape index (κ3) is 4.03. The molecule has 1 fully saturated rings. The van der Waals surface area contributed by atoms with Crippen molar-refractivity contribution in [2.24, 2.45) is 0 Å². The summed E-state index contributed by atoms with van der Waals surface area (Å²) < 4.78 is 32.5. The fourth-order valence-electron chi connectivity index (χ4n) is 2.93. The van der Waals surface area contributed by atoms with Gasteiger partial charge in [0, 0.05) is 11.7 Å². The van der Waals surface area contributed by atoms with Crippen molar-refractivity contribution in [3.8, 4) is 0 Å². The minimum atomic E-state index is -3.17. The number of hydrogen-bond acceptors (Lipinski definition) is 7. The lowest BCUT2D eigenvalue weighted by Crippen LogP contribution is -2.25. The SMILES string of the molecule is Cc1oc2ncnc(NC3(C)CC3)c2c1C(=O)NCc1nccc(C(F)(F)P)n1. The molecule has 1 amide bonds. The van der Waals surface area contributed by atoms with E-state index in [1.807, 2.05) is 0 Å². The number of alkyl halides is 2. The second-order valence-electron chi connectivity index (χ2n) is 7.29. The Balaban J connectivity index is 1.60. The molecule has 3 heterocycles. The predicted octanol–water partition coefficient (Wildman–Crippen LogP) is 3.14. The van der Waals surface area contributed by atoms with Crippen molar-refractivity contribution in [2.75, 3.05) is 5.32 Å². The van der Waals surface area contributed by atoms with Gasteiger partial charge in [0.25, 0.3) is 11.6 Å². The summed E-state index contributed by atoms with van der Waals surface area (Å²) in [5.74, 6) is 0.529. The summed E-state index contributed by atoms with van der Waals surface area (Å²) in [6.07, 6.45) is 4.62. The minimum absolute atomic E-state index is 0.0577. The van der Waals surface area contributed by atoms with Crippen LogP contribution in [0, 0.1) is 6.92 Å². The van der Waals surface area contributed by atoms with E-state index in [1.54, 1.807) is 6.92 Å². The van der Waals surface area contributed by atoms with Gasteiger partial charge < -0.3 is 15.1 Å². The molecule has 1 atom stereocenters. The second-order valence-corrected chi connectivity index (χ2v) is 8.01. The lowest BCUT2D eigenvalue weighted by atomic mass is 10.1. The molecule has 4 rings (SSSR count). The molecule has 0 spiro atoms. The predicted molar refractivity (Wildman–Crippen MR) is 105 cm³/mol. The second kappa shape index (κ2) is 6.95. The van der Waals surface area contributed by atoms with Gasteiger partial charge in [-0.25, -0.2) is 19.9 Å². The molecular weight excluding hydrogens is 401 g/mol. The highest BCUT2D eigenvalue weighted by Gasteiger charge is 2.38. The van der Waals surface area contributed by atoms with Crippen LogP contribution in [-0.2, 0) is 12.2 Å². The zero-order valence-electron chi connectivity index (χ0n) is 15.8. The molecule has 3 aromatic rings. The van der Waals surface area contributed by atoms with E-state index in [-0.39, 0.29) is 17.9 Å². The number of nitrogens with one attached hydrogen (secondary N) is 2. The average molecular weight is 420 g/mol. The van der Waals surface area contributed by atoms with Crippen LogP contribution in [0.5, 0.6) is 0 Å². The molecule has 0 saturated heterocycles. The molecule has 0 aliphatic heterocycles. The molecule has 1 aliphatic carbocycles. The van der Waals surface area contributed by atoms with Crippen molar-refractivity contribution in [3.63, 3.8) is 0 Å². The number of carbonyl (C=O) groups excluding carboxylic acids is 1. The van der Waals surface area contributed by atoms with Crippen molar-refractivity contribution < 1.29 is 18.0 Å². The molecule has 0 radical (unpaired) electrons. The maximum Gasteiger partial charge on any atom is 0.300 e. The molecule has 1 saturated carbocycles. The summed E-state index contributed by atoms with van der Waals surface area (Å²) in [6.45, 7) is 3.61. The number of halogens is 2. The fraction of sp³-hybridized carbons (Fsp3) is 0.389. The van der Waals surface area contributed by atoms with Gasteiger partial charge >= 0.3 is 0 Å². The van der Waals surface area contributed by atoms with E-state index < -0.39 is 17.3 Å². The first-order valence-electron chi connectivity index (χ1n) is 8.96. The number of aryl methyl sites for hydroxylation is 1. The highest BCUT2D eigenvalue weighted by atomic mass is 31.0. The maximum absolute atomic E-state index is 13.4. The average Bonchev–Trinajstić information content (AvgIpc) is 3.27. The molecule has 2 N–H and O–H groups in total. The third-order valence-corrected chi connectivity index (χ3v) is 5.06. The van der Waals surface area contributed by atoms with E-state index >= 15 is 0 Å². The standard InChI is InChI=1S/C18H19F2N6O2P/c1-9-12(13-14(26-17(2)4-5-17)23-8-24-16(13)28-9)15(27)22-7-11-21-6-3-10(25-11)18(19,20)29/h3,6,8H,4-5,7,29H2,1-2H3,(H,22,27)(H,23,24,26). The van der Waals surface area contributed by atoms with Crippen LogP contribution in [0.4, 0.5) is 14.6 Å². The molecule has 0 aromatic carbocycles. The van der Waals surface area contributed by atoms with Crippen LogP contribution in [0.2, 0.25) is 0 Å². The van der Waals surface area contributed by atoms with Gasteiger partial charge in [-0.15, -0.1) is 0 Å². The van der Waals surface area contributed by atoms with Crippen molar-refractivity contribution in [1.29, 1.82) is 0 Å². The van der Waals surface area contributed by atoms with Gasteiger partial charge in [0.05, 0.1) is 17.5 Å². The Bertz CT molecular complexity index is 1090. The van der Waals surface area contributed by atoms with Gasteiger partial charge in [0.15, 0.2) is 0 Å². The van der Waals surface area contributed by atoms with E-state index in [4.69, 9.17) is 4.42 Å². The maximum atomic E-state index is 13.4. The molecular formula is C18H19F2N6O2P. The smallest absolute Gasteiger partial charge is 0.300 e. The van der Waals surface area contributed by atoms with Crippen molar-refractivity contribution >= 4 is 32.1 Å². The Hall–Kier alpha value is -2.74. The highest BCUT2D eigenvalue weighted by Crippen LogP contribution is 2.40. The first kappa shape index (κ1) is 19.6. The molecule has 8 nitrogen and oxygen atoms in total. The number of nitrogens with zero attached hydrogens (tertiary/aromatic N) is 4. The van der Waals surface area contributed by atoms with Gasteiger partial charge in [0.1, 0.15) is 29.4 Å². The number of carbonyl (C=O) groups is 1. The topological polar surface area (TPSA) is 106 Å². The number of aromatic nitrogens is 4. The lowest BCUT2D eigenvalue weighted by Gasteiger charge is -2.13. The number of amides is 1. The van der Waals surface area contributed by atoms with Crippen LogP contribution in [-0.4, -0.2) is 31.4 Å². The molecule has 152 valence electrons. The third-order valence-electron chi connectivity index (χ3n) is 4.77. The Morgan fingerprint density at radius 1 is 1.34 bits per heavy atom.